The molecule has 4 aromatic rings. The van der Waals surface area contributed by atoms with Crippen LogP contribution in [0.3, 0.4) is 0 Å². The van der Waals surface area contributed by atoms with Gasteiger partial charge in [-0.2, -0.15) is 0 Å². The van der Waals surface area contributed by atoms with Crippen molar-refractivity contribution in [1.82, 2.24) is 4.98 Å². The lowest BCUT2D eigenvalue weighted by atomic mass is 10.1. The van der Waals surface area contributed by atoms with E-state index in [0.29, 0.717) is 16.4 Å². The first-order valence-corrected chi connectivity index (χ1v) is 11.0. The average Bonchev–Trinajstić information content (AvgIpc) is 3.18. The number of hydrogen-bond acceptors (Lipinski definition) is 4. The van der Waals surface area contributed by atoms with Crippen LogP contribution < -0.4 is 10.1 Å². The van der Waals surface area contributed by atoms with E-state index in [4.69, 9.17) is 16.3 Å². The number of aryl methyl sites for hydroxylation is 2. The molecule has 0 radical (unpaired) electrons. The van der Waals surface area contributed by atoms with Crippen molar-refractivity contribution in [2.24, 2.45) is 0 Å². The van der Waals surface area contributed by atoms with Gasteiger partial charge in [-0.3, -0.25) is 10.1 Å². The van der Waals surface area contributed by atoms with Crippen LogP contribution in [0.2, 0.25) is 5.02 Å². The van der Waals surface area contributed by atoms with Crippen molar-refractivity contribution < 1.29 is 9.53 Å². The van der Waals surface area contributed by atoms with Crippen molar-refractivity contribution >= 4 is 34.0 Å². The van der Waals surface area contributed by atoms with E-state index in [1.807, 2.05) is 50.2 Å². The zero-order valence-electron chi connectivity index (χ0n) is 17.2. The quantitative estimate of drug-likeness (QED) is 0.344. The molecule has 0 saturated heterocycles. The Labute approximate surface area is 190 Å². The number of nitrogens with zero attached hydrogens (tertiary/aromatic N) is 1. The molecule has 4 nitrogen and oxygen atoms in total. The van der Waals surface area contributed by atoms with Gasteiger partial charge in [0.15, 0.2) is 5.13 Å². The van der Waals surface area contributed by atoms with Gasteiger partial charge in [-0.15, -0.1) is 11.3 Å². The summed E-state index contributed by atoms with van der Waals surface area (Å²) in [5.41, 5.74) is 3.83. The van der Waals surface area contributed by atoms with Gasteiger partial charge in [0, 0.05) is 28.1 Å². The second-order valence-electron chi connectivity index (χ2n) is 7.29. The molecule has 0 aliphatic rings. The maximum absolute atomic E-state index is 12.6. The predicted octanol–water partition coefficient (Wildman–Crippen LogP) is 7.05. The van der Waals surface area contributed by atoms with Gasteiger partial charge in [0.25, 0.3) is 5.91 Å². The van der Waals surface area contributed by atoms with Gasteiger partial charge in [0.1, 0.15) is 11.5 Å². The number of anilines is 1. The minimum Gasteiger partial charge on any atom is -0.457 e. The van der Waals surface area contributed by atoms with E-state index in [2.05, 4.69) is 16.4 Å². The number of benzene rings is 3. The number of carbonyl (C=O) groups is 1. The molecule has 1 N–H and O–H groups in total. The van der Waals surface area contributed by atoms with Gasteiger partial charge in [0.05, 0.1) is 0 Å². The Balaban J connectivity index is 1.37. The molecule has 156 valence electrons. The van der Waals surface area contributed by atoms with E-state index in [9.17, 15) is 4.79 Å². The summed E-state index contributed by atoms with van der Waals surface area (Å²) in [5, 5.41) is 4.19. The number of thiazole rings is 1. The number of hydrogen-bond donors (Lipinski definition) is 1. The molecule has 0 fully saturated rings. The molecule has 4 rings (SSSR count). The highest BCUT2D eigenvalue weighted by Gasteiger charge is 2.10. The van der Waals surface area contributed by atoms with Crippen LogP contribution in [0.4, 0.5) is 5.13 Å². The second-order valence-corrected chi connectivity index (χ2v) is 8.81. The van der Waals surface area contributed by atoms with E-state index >= 15 is 0 Å². The van der Waals surface area contributed by atoms with Crippen LogP contribution in [0.25, 0.3) is 0 Å². The van der Waals surface area contributed by atoms with Gasteiger partial charge in [-0.1, -0.05) is 35.9 Å². The normalized spacial score (nSPS) is 10.7. The third kappa shape index (κ3) is 5.51. The molecule has 1 aromatic heterocycles. The van der Waals surface area contributed by atoms with Gasteiger partial charge in [0.2, 0.25) is 0 Å². The highest BCUT2D eigenvalue weighted by atomic mass is 35.5. The third-order valence-corrected chi connectivity index (χ3v) is 6.05. The van der Waals surface area contributed by atoms with Gasteiger partial charge in [-0.25, -0.2) is 4.98 Å². The standard InChI is InChI=1S/C25H21ClN2O2S/c1-16-4-3-5-21(12-16)30-20-10-8-19(9-11-20)24(29)28-25-27-15-22(31-25)13-18-7-6-17(2)23(26)14-18/h3-12,14-15H,13H2,1-2H3,(H,27,28,29). The molecule has 31 heavy (non-hydrogen) atoms. The molecule has 0 aliphatic carbocycles. The highest BCUT2D eigenvalue weighted by Crippen LogP contribution is 2.25. The SMILES string of the molecule is Cc1cccc(Oc2ccc(C(=O)Nc3ncc(Cc4ccc(C)c(Cl)c4)s3)cc2)c1. The number of carbonyl (C=O) groups excluding carboxylic acids is 1. The molecular weight excluding hydrogens is 428 g/mol. The first-order valence-electron chi connectivity index (χ1n) is 9.82. The van der Waals surface area contributed by atoms with E-state index in [-0.39, 0.29) is 5.91 Å². The number of nitrogens with one attached hydrogen (secondary N) is 1. The Bertz CT molecular complexity index is 1220. The average molecular weight is 449 g/mol. The lowest BCUT2D eigenvalue weighted by molar-refractivity contribution is 0.102. The number of amides is 1. The van der Waals surface area contributed by atoms with Gasteiger partial charge >= 0.3 is 0 Å². The van der Waals surface area contributed by atoms with Crippen LogP contribution in [0.5, 0.6) is 11.5 Å². The third-order valence-electron chi connectivity index (χ3n) is 4.73. The zero-order chi connectivity index (χ0) is 21.8. The molecule has 0 unspecified atom stereocenters. The lowest BCUT2D eigenvalue weighted by Crippen LogP contribution is -2.11. The maximum Gasteiger partial charge on any atom is 0.257 e. The van der Waals surface area contributed by atoms with Crippen molar-refractivity contribution in [3.63, 3.8) is 0 Å². The largest absolute Gasteiger partial charge is 0.457 e. The van der Waals surface area contributed by atoms with Crippen molar-refractivity contribution in [2.45, 2.75) is 20.3 Å². The van der Waals surface area contributed by atoms with E-state index < -0.39 is 0 Å². The Morgan fingerprint density at radius 2 is 1.84 bits per heavy atom. The van der Waals surface area contributed by atoms with Crippen LogP contribution in [0.1, 0.15) is 31.9 Å². The van der Waals surface area contributed by atoms with E-state index in [1.165, 1.54) is 11.3 Å². The molecule has 3 aromatic carbocycles. The maximum atomic E-state index is 12.6. The molecule has 0 aliphatic heterocycles. The summed E-state index contributed by atoms with van der Waals surface area (Å²) in [4.78, 5) is 18.0. The predicted molar refractivity (Wildman–Crippen MR) is 127 cm³/mol. The molecule has 0 atom stereocenters. The molecule has 0 saturated carbocycles. The van der Waals surface area contributed by atoms with Gasteiger partial charge < -0.3 is 4.74 Å². The molecule has 0 spiro atoms. The first kappa shape index (κ1) is 21.1. The molecule has 1 heterocycles. The fourth-order valence-electron chi connectivity index (χ4n) is 3.05. The van der Waals surface area contributed by atoms with Crippen LogP contribution >= 0.6 is 22.9 Å². The van der Waals surface area contributed by atoms with Crippen LogP contribution in [-0.4, -0.2) is 10.9 Å². The summed E-state index contributed by atoms with van der Waals surface area (Å²) in [7, 11) is 0. The van der Waals surface area contributed by atoms with Crippen molar-refractivity contribution in [3.8, 4) is 11.5 Å². The molecule has 6 heteroatoms. The Morgan fingerprint density at radius 1 is 1.03 bits per heavy atom. The number of ether oxygens (including phenoxy) is 1. The Morgan fingerprint density at radius 3 is 2.58 bits per heavy atom. The van der Waals surface area contributed by atoms with Crippen LogP contribution in [-0.2, 0) is 6.42 Å². The Kier molecular flexibility index (Phi) is 6.35. The fraction of sp³-hybridized carbons (Fsp3) is 0.120. The number of rotatable bonds is 6. The first-order chi connectivity index (χ1) is 15.0. The molecule has 0 bridgehead atoms. The minimum atomic E-state index is -0.207. The monoisotopic (exact) mass is 448 g/mol. The summed E-state index contributed by atoms with van der Waals surface area (Å²) >= 11 is 7.66. The smallest absolute Gasteiger partial charge is 0.257 e. The number of halogens is 1. The number of aromatic nitrogens is 1. The Hall–Kier alpha value is -3.15. The summed E-state index contributed by atoms with van der Waals surface area (Å²) in [5.74, 6) is 1.24. The van der Waals surface area contributed by atoms with E-state index in [0.717, 1.165) is 38.8 Å². The lowest BCUT2D eigenvalue weighted by Gasteiger charge is -2.07. The van der Waals surface area contributed by atoms with Gasteiger partial charge in [-0.05, 0) is 73.0 Å². The molecular formula is C25H21ClN2O2S. The topological polar surface area (TPSA) is 51.2 Å². The summed E-state index contributed by atoms with van der Waals surface area (Å²) in [6, 6.07) is 20.9. The summed E-state index contributed by atoms with van der Waals surface area (Å²) in [6.45, 7) is 3.99. The fourth-order valence-corrected chi connectivity index (χ4v) is 4.10. The zero-order valence-corrected chi connectivity index (χ0v) is 18.8. The van der Waals surface area contributed by atoms with Crippen molar-refractivity contribution in [3.05, 3.63) is 105 Å². The van der Waals surface area contributed by atoms with Crippen molar-refractivity contribution in [1.29, 1.82) is 0 Å². The highest BCUT2D eigenvalue weighted by molar-refractivity contribution is 7.15. The van der Waals surface area contributed by atoms with Crippen molar-refractivity contribution in [2.75, 3.05) is 5.32 Å². The molecule has 1 amide bonds. The minimum absolute atomic E-state index is 0.207. The van der Waals surface area contributed by atoms with E-state index in [1.54, 1.807) is 30.5 Å². The van der Waals surface area contributed by atoms with Crippen LogP contribution in [0, 0.1) is 13.8 Å². The van der Waals surface area contributed by atoms with Crippen LogP contribution in [0.15, 0.2) is 72.9 Å². The summed E-state index contributed by atoms with van der Waals surface area (Å²) in [6.07, 6.45) is 2.51. The summed E-state index contributed by atoms with van der Waals surface area (Å²) < 4.78 is 5.84. The second kappa shape index (κ2) is 9.33.